The minimum absolute atomic E-state index is 0.104. The van der Waals surface area contributed by atoms with Crippen molar-refractivity contribution in [2.45, 2.75) is 414 Å². The van der Waals surface area contributed by atoms with Gasteiger partial charge in [-0.3, -0.25) is 37.3 Å². The number of hydrogen-bond donors (Lipinski definition) is 3. The van der Waals surface area contributed by atoms with Crippen LogP contribution >= 0.6 is 15.6 Å². The number of phosphoric ester groups is 2. The van der Waals surface area contributed by atoms with Crippen LogP contribution in [0.5, 0.6) is 0 Å². The van der Waals surface area contributed by atoms with Crippen LogP contribution in [-0.4, -0.2) is 96.7 Å². The molecule has 0 fully saturated rings. The van der Waals surface area contributed by atoms with Crippen molar-refractivity contribution in [1.82, 2.24) is 0 Å². The highest BCUT2D eigenvalue weighted by Crippen LogP contribution is 2.45. The number of esters is 4. The molecule has 3 N–H and O–H groups in total. The van der Waals surface area contributed by atoms with E-state index in [-0.39, 0.29) is 25.7 Å². The van der Waals surface area contributed by atoms with Crippen LogP contribution in [-0.2, 0) is 65.4 Å². The van der Waals surface area contributed by atoms with Crippen molar-refractivity contribution in [1.29, 1.82) is 0 Å². The molecular weight excluding hydrogens is 1270 g/mol. The minimum Gasteiger partial charge on any atom is -0.462 e. The molecule has 0 saturated heterocycles. The third kappa shape index (κ3) is 70.9. The van der Waals surface area contributed by atoms with E-state index >= 15 is 0 Å². The number of rotatable bonds is 75. The van der Waals surface area contributed by atoms with Crippen LogP contribution < -0.4 is 0 Å². The van der Waals surface area contributed by atoms with Gasteiger partial charge in [-0.15, -0.1) is 0 Å². The van der Waals surface area contributed by atoms with Crippen LogP contribution in [0.15, 0.2) is 0 Å². The van der Waals surface area contributed by atoms with E-state index in [1.807, 2.05) is 0 Å². The van der Waals surface area contributed by atoms with Crippen molar-refractivity contribution in [3.8, 4) is 0 Å². The highest BCUT2D eigenvalue weighted by Gasteiger charge is 2.30. The molecule has 0 aromatic rings. The number of carbonyl (C=O) groups is 4. The second-order valence-electron chi connectivity index (χ2n) is 29.8. The summed E-state index contributed by atoms with van der Waals surface area (Å²) in [6.45, 7) is 14.2. The average Bonchev–Trinajstić information content (AvgIpc) is 1.02. The quantitative estimate of drug-likeness (QED) is 0.0222. The zero-order chi connectivity index (χ0) is 71.7. The first-order valence-corrected chi connectivity index (χ1v) is 43.2. The fourth-order valence-electron chi connectivity index (χ4n) is 11.9. The lowest BCUT2D eigenvalue weighted by molar-refractivity contribution is -0.161. The molecule has 6 atom stereocenters. The third-order valence-electron chi connectivity index (χ3n) is 18.4. The van der Waals surface area contributed by atoms with Gasteiger partial charge in [-0.25, -0.2) is 9.13 Å². The normalized spacial score (nSPS) is 14.4. The summed E-state index contributed by atoms with van der Waals surface area (Å²) in [7, 11) is -9.92. The van der Waals surface area contributed by atoms with Gasteiger partial charge in [-0.2, -0.15) is 0 Å². The predicted molar refractivity (Wildman–Crippen MR) is 395 cm³/mol. The van der Waals surface area contributed by atoms with Gasteiger partial charge in [0.15, 0.2) is 12.2 Å². The monoisotopic (exact) mass is 1420 g/mol. The molecule has 0 bridgehead atoms. The molecule has 0 amide bonds. The van der Waals surface area contributed by atoms with E-state index in [0.717, 1.165) is 114 Å². The Labute approximate surface area is 594 Å². The van der Waals surface area contributed by atoms with Gasteiger partial charge in [0.05, 0.1) is 26.4 Å². The van der Waals surface area contributed by atoms with E-state index in [1.165, 1.54) is 193 Å². The molecule has 0 aromatic carbocycles. The van der Waals surface area contributed by atoms with Gasteiger partial charge in [-0.1, -0.05) is 344 Å². The van der Waals surface area contributed by atoms with Crippen LogP contribution in [0.4, 0.5) is 0 Å². The molecule has 3 unspecified atom stereocenters. The Balaban J connectivity index is 5.22. The molecule has 0 saturated carbocycles. The average molecular weight is 1420 g/mol. The molecule has 19 heteroatoms. The van der Waals surface area contributed by atoms with Gasteiger partial charge in [0.25, 0.3) is 0 Å². The van der Waals surface area contributed by atoms with E-state index in [0.29, 0.717) is 31.6 Å². The van der Waals surface area contributed by atoms with Crippen molar-refractivity contribution in [2.75, 3.05) is 39.6 Å². The smallest absolute Gasteiger partial charge is 0.462 e. The molecule has 0 aromatic heterocycles. The molecule has 0 heterocycles. The minimum atomic E-state index is -4.96. The van der Waals surface area contributed by atoms with Gasteiger partial charge < -0.3 is 33.8 Å². The molecule has 0 aliphatic heterocycles. The number of unbranched alkanes of at least 4 members (excludes halogenated alkanes) is 40. The Bertz CT molecular complexity index is 1900. The maximum atomic E-state index is 13.1. The van der Waals surface area contributed by atoms with E-state index in [9.17, 15) is 43.2 Å². The summed E-state index contributed by atoms with van der Waals surface area (Å²) in [6.07, 6.45) is 52.9. The summed E-state index contributed by atoms with van der Waals surface area (Å²) in [6, 6.07) is 0. The highest BCUT2D eigenvalue weighted by molar-refractivity contribution is 7.47. The Kier molecular flexibility index (Phi) is 65.9. The molecular formula is C78H152O17P2. The summed E-state index contributed by atoms with van der Waals surface area (Å²) in [5, 5.41) is 10.6. The Morgan fingerprint density at radius 3 is 0.732 bits per heavy atom. The number of ether oxygens (including phenoxy) is 4. The maximum Gasteiger partial charge on any atom is 0.472 e. The largest absolute Gasteiger partial charge is 0.472 e. The zero-order valence-electron chi connectivity index (χ0n) is 63.7. The van der Waals surface area contributed by atoms with Crippen LogP contribution in [0.2, 0.25) is 0 Å². The van der Waals surface area contributed by atoms with E-state index in [2.05, 4.69) is 55.4 Å². The zero-order valence-corrected chi connectivity index (χ0v) is 65.5. The fraction of sp³-hybridized carbons (Fsp3) is 0.949. The van der Waals surface area contributed by atoms with Gasteiger partial charge in [-0.05, 0) is 49.4 Å². The summed E-state index contributed by atoms with van der Waals surface area (Å²) < 4.78 is 68.6. The summed E-state index contributed by atoms with van der Waals surface area (Å²) in [5.74, 6) is 0.935. The Morgan fingerprint density at radius 2 is 0.495 bits per heavy atom. The first-order valence-electron chi connectivity index (χ1n) is 40.2. The van der Waals surface area contributed by atoms with Crippen molar-refractivity contribution in [2.24, 2.45) is 23.7 Å². The summed E-state index contributed by atoms with van der Waals surface area (Å²) in [5.41, 5.74) is 0. The van der Waals surface area contributed by atoms with E-state index in [1.54, 1.807) is 0 Å². The number of aliphatic hydroxyl groups is 1. The standard InChI is InChI=1S/C78H152O17P2/c1-9-71(8)57-49-41-32-28-29-35-45-53-61-78(83)95-74(65-89-76(81)59-51-43-37-36-40-48-56-70(6)7)67-93-97(86,87)91-63-72(79)62-90-96(84,85)92-66-73(94-77(82)60-52-44-34-27-23-19-15-14-17-21-25-31-39-47-55-69(4)5)64-88-75(80)58-50-42-33-26-22-18-13-11-10-12-16-20-24-30-38-46-54-68(2)3/h68-74,79H,9-67H2,1-8H3,(H,84,85)(H,86,87)/t71?,72-,73-,74-/m1/s1. The SMILES string of the molecule is CCC(C)CCCCCCCCCCC(=O)O[C@H](COC(=O)CCCCCCCCC(C)C)COP(=O)(O)OC[C@H](O)COP(=O)(O)OC[C@@H](COC(=O)CCCCCCCCCCCCCCCCCCC(C)C)OC(=O)CCCCCCCCCCCCCCCCC(C)C. The van der Waals surface area contributed by atoms with Crippen molar-refractivity contribution >= 4 is 39.5 Å². The molecule has 0 aliphatic carbocycles. The fourth-order valence-corrected chi connectivity index (χ4v) is 13.5. The van der Waals surface area contributed by atoms with Gasteiger partial charge in [0, 0.05) is 25.7 Å². The Hall–Kier alpha value is -1.94. The molecule has 97 heavy (non-hydrogen) atoms. The second-order valence-corrected chi connectivity index (χ2v) is 32.7. The van der Waals surface area contributed by atoms with Gasteiger partial charge in [0.2, 0.25) is 0 Å². The second kappa shape index (κ2) is 67.2. The molecule has 0 rings (SSSR count). The topological polar surface area (TPSA) is 237 Å². The van der Waals surface area contributed by atoms with Crippen LogP contribution in [0, 0.1) is 23.7 Å². The summed E-state index contributed by atoms with van der Waals surface area (Å²) >= 11 is 0. The molecule has 0 spiro atoms. The molecule has 576 valence electrons. The maximum absolute atomic E-state index is 13.1. The van der Waals surface area contributed by atoms with Crippen molar-refractivity contribution < 1.29 is 80.2 Å². The number of hydrogen-bond acceptors (Lipinski definition) is 15. The summed E-state index contributed by atoms with van der Waals surface area (Å²) in [4.78, 5) is 72.8. The molecule has 17 nitrogen and oxygen atoms in total. The van der Waals surface area contributed by atoms with E-state index in [4.69, 9.17) is 37.0 Å². The number of carbonyl (C=O) groups excluding carboxylic acids is 4. The van der Waals surface area contributed by atoms with Crippen molar-refractivity contribution in [3.05, 3.63) is 0 Å². The number of aliphatic hydroxyl groups excluding tert-OH is 1. The van der Waals surface area contributed by atoms with E-state index < -0.39 is 97.5 Å². The number of phosphoric acid groups is 2. The lowest BCUT2D eigenvalue weighted by Gasteiger charge is -2.21. The van der Waals surface area contributed by atoms with Gasteiger partial charge >= 0.3 is 39.5 Å². The van der Waals surface area contributed by atoms with Gasteiger partial charge in [0.1, 0.15) is 19.3 Å². The first-order chi connectivity index (χ1) is 46.6. The van der Waals surface area contributed by atoms with Crippen LogP contribution in [0.1, 0.15) is 396 Å². The highest BCUT2D eigenvalue weighted by atomic mass is 31.2. The Morgan fingerprint density at radius 1 is 0.289 bits per heavy atom. The van der Waals surface area contributed by atoms with Crippen molar-refractivity contribution in [3.63, 3.8) is 0 Å². The predicted octanol–water partition coefficient (Wildman–Crippen LogP) is 22.8. The van der Waals surface area contributed by atoms with Crippen LogP contribution in [0.25, 0.3) is 0 Å². The molecule has 0 radical (unpaired) electrons. The molecule has 0 aliphatic rings. The third-order valence-corrected chi connectivity index (χ3v) is 20.3. The first kappa shape index (κ1) is 95.1. The lowest BCUT2D eigenvalue weighted by atomic mass is 9.99. The van der Waals surface area contributed by atoms with Crippen LogP contribution in [0.3, 0.4) is 0 Å². The lowest BCUT2D eigenvalue weighted by Crippen LogP contribution is -2.30.